The van der Waals surface area contributed by atoms with Gasteiger partial charge >= 0.3 is 0 Å². The fourth-order valence-corrected chi connectivity index (χ4v) is 6.35. The van der Waals surface area contributed by atoms with Crippen LogP contribution in [0.2, 0.25) is 0 Å². The molecular weight excluding hydrogens is 540 g/mol. The van der Waals surface area contributed by atoms with Gasteiger partial charge in [-0.25, -0.2) is 4.98 Å². The Bertz CT molecular complexity index is 2500. The number of imidazole rings is 1. The van der Waals surface area contributed by atoms with Crippen molar-refractivity contribution >= 4 is 43.9 Å². The van der Waals surface area contributed by atoms with Crippen molar-refractivity contribution in [1.82, 2.24) is 9.55 Å². The Morgan fingerprint density at radius 2 is 1.25 bits per heavy atom. The number of benzene rings is 6. The molecule has 0 radical (unpaired) electrons. The zero-order chi connectivity index (χ0) is 29.2. The lowest BCUT2D eigenvalue weighted by atomic mass is 10.00. The summed E-state index contributed by atoms with van der Waals surface area (Å²) >= 11 is 0. The van der Waals surface area contributed by atoms with Crippen LogP contribution in [-0.4, -0.2) is 9.55 Å². The van der Waals surface area contributed by atoms with E-state index >= 15 is 0 Å². The molecule has 6 aromatic carbocycles. The number of para-hydroxylation sites is 2. The number of aryl methyl sites for hydroxylation is 1. The first-order valence-electron chi connectivity index (χ1n) is 14.8. The molecule has 9 rings (SSSR count). The number of fused-ring (bicyclic) bond motifs is 5. The van der Waals surface area contributed by atoms with Gasteiger partial charge in [0.15, 0.2) is 0 Å². The zero-order valence-electron chi connectivity index (χ0n) is 24.0. The van der Waals surface area contributed by atoms with E-state index in [-0.39, 0.29) is 0 Å². The third-order valence-corrected chi connectivity index (χ3v) is 8.57. The lowest BCUT2D eigenvalue weighted by Crippen LogP contribution is -1.97. The molecule has 0 saturated carbocycles. The Morgan fingerprint density at radius 3 is 2.09 bits per heavy atom. The summed E-state index contributed by atoms with van der Waals surface area (Å²) in [6, 6.07) is 46.6. The van der Waals surface area contributed by atoms with Crippen LogP contribution in [0.4, 0.5) is 0 Å². The molecule has 4 heteroatoms. The molecule has 0 unspecified atom stereocenters. The van der Waals surface area contributed by atoms with E-state index in [2.05, 4.69) is 133 Å². The van der Waals surface area contributed by atoms with Crippen LogP contribution in [0.1, 0.15) is 5.56 Å². The summed E-state index contributed by atoms with van der Waals surface area (Å²) in [6.45, 7) is 2.09. The van der Waals surface area contributed by atoms with Gasteiger partial charge in [-0.3, -0.25) is 4.57 Å². The SMILES string of the molecule is Cc1ccc2c(c1)oc1ccc(-c3ccc4occ(-c5nc6ccccc6n5-c5ccc(-c6ccccc6)cc5)c4c3)cc12. The van der Waals surface area contributed by atoms with Crippen molar-refractivity contribution in [2.45, 2.75) is 6.92 Å². The number of furan rings is 2. The summed E-state index contributed by atoms with van der Waals surface area (Å²) in [4.78, 5) is 5.13. The highest BCUT2D eigenvalue weighted by Crippen LogP contribution is 2.38. The van der Waals surface area contributed by atoms with Crippen LogP contribution in [0, 0.1) is 6.92 Å². The maximum Gasteiger partial charge on any atom is 0.149 e. The maximum absolute atomic E-state index is 6.15. The van der Waals surface area contributed by atoms with Crippen LogP contribution in [0.25, 0.3) is 83.3 Å². The highest BCUT2D eigenvalue weighted by Gasteiger charge is 2.19. The highest BCUT2D eigenvalue weighted by molar-refractivity contribution is 6.07. The Morgan fingerprint density at radius 1 is 0.545 bits per heavy atom. The van der Waals surface area contributed by atoms with E-state index in [1.165, 1.54) is 16.7 Å². The van der Waals surface area contributed by atoms with Gasteiger partial charge in [0.1, 0.15) is 28.8 Å². The van der Waals surface area contributed by atoms with Crippen molar-refractivity contribution in [3.63, 3.8) is 0 Å². The predicted octanol–water partition coefficient (Wildman–Crippen LogP) is 11.0. The fraction of sp³-hybridized carbons (Fsp3) is 0.0250. The second-order valence-electron chi connectivity index (χ2n) is 11.3. The molecule has 208 valence electrons. The van der Waals surface area contributed by atoms with Crippen LogP contribution in [0.15, 0.2) is 149 Å². The van der Waals surface area contributed by atoms with Gasteiger partial charge in [-0.2, -0.15) is 0 Å². The van der Waals surface area contributed by atoms with E-state index in [4.69, 9.17) is 13.8 Å². The van der Waals surface area contributed by atoms with Crippen molar-refractivity contribution in [3.8, 4) is 39.3 Å². The van der Waals surface area contributed by atoms with E-state index in [9.17, 15) is 0 Å². The third kappa shape index (κ3) is 3.89. The van der Waals surface area contributed by atoms with Crippen molar-refractivity contribution in [3.05, 3.63) is 145 Å². The Balaban J connectivity index is 1.19. The van der Waals surface area contributed by atoms with Crippen molar-refractivity contribution < 1.29 is 8.83 Å². The minimum atomic E-state index is 0.826. The minimum Gasteiger partial charge on any atom is -0.464 e. The van der Waals surface area contributed by atoms with Gasteiger partial charge in [0, 0.05) is 21.8 Å². The Kier molecular flexibility index (Phi) is 5.38. The molecule has 0 fully saturated rings. The summed E-state index contributed by atoms with van der Waals surface area (Å²) in [7, 11) is 0. The average molecular weight is 567 g/mol. The molecule has 4 nitrogen and oxygen atoms in total. The second kappa shape index (κ2) is 9.58. The Hall–Kier alpha value is -5.87. The number of hydrogen-bond donors (Lipinski definition) is 0. The van der Waals surface area contributed by atoms with E-state index < -0.39 is 0 Å². The number of rotatable bonds is 4. The first-order valence-corrected chi connectivity index (χ1v) is 14.8. The van der Waals surface area contributed by atoms with E-state index in [0.29, 0.717) is 0 Å². The number of aromatic nitrogens is 2. The van der Waals surface area contributed by atoms with Crippen molar-refractivity contribution in [1.29, 1.82) is 0 Å². The third-order valence-electron chi connectivity index (χ3n) is 8.57. The fourth-order valence-electron chi connectivity index (χ4n) is 6.35. The molecule has 3 heterocycles. The molecule has 0 N–H and O–H groups in total. The van der Waals surface area contributed by atoms with Crippen molar-refractivity contribution in [2.24, 2.45) is 0 Å². The van der Waals surface area contributed by atoms with Gasteiger partial charge in [0.25, 0.3) is 0 Å². The molecule has 0 bridgehead atoms. The van der Waals surface area contributed by atoms with Crippen LogP contribution in [0.3, 0.4) is 0 Å². The summed E-state index contributed by atoms with van der Waals surface area (Å²) in [6.07, 6.45) is 1.83. The number of nitrogens with zero attached hydrogens (tertiary/aromatic N) is 2. The maximum atomic E-state index is 6.15. The summed E-state index contributed by atoms with van der Waals surface area (Å²) in [5, 5.41) is 3.27. The largest absolute Gasteiger partial charge is 0.464 e. The van der Waals surface area contributed by atoms with Crippen molar-refractivity contribution in [2.75, 3.05) is 0 Å². The van der Waals surface area contributed by atoms with Crippen LogP contribution < -0.4 is 0 Å². The highest BCUT2D eigenvalue weighted by atomic mass is 16.3. The monoisotopic (exact) mass is 566 g/mol. The van der Waals surface area contributed by atoms with Gasteiger partial charge in [0.2, 0.25) is 0 Å². The summed E-state index contributed by atoms with van der Waals surface area (Å²) in [5.74, 6) is 0.848. The molecule has 0 aliphatic rings. The molecule has 9 aromatic rings. The van der Waals surface area contributed by atoms with Gasteiger partial charge in [-0.15, -0.1) is 0 Å². The van der Waals surface area contributed by atoms with Gasteiger partial charge < -0.3 is 8.83 Å². The first kappa shape index (κ1) is 24.7. The molecule has 44 heavy (non-hydrogen) atoms. The van der Waals surface area contributed by atoms with E-state index in [0.717, 1.165) is 72.1 Å². The molecule has 0 aliphatic heterocycles. The summed E-state index contributed by atoms with van der Waals surface area (Å²) in [5.41, 5.74) is 12.4. The first-order chi connectivity index (χ1) is 21.7. The molecule has 0 spiro atoms. The van der Waals surface area contributed by atoms with Gasteiger partial charge in [-0.05, 0) is 89.3 Å². The molecule has 0 atom stereocenters. The number of hydrogen-bond acceptors (Lipinski definition) is 3. The van der Waals surface area contributed by atoms with Gasteiger partial charge in [-0.1, -0.05) is 78.9 Å². The average Bonchev–Trinajstić information content (AvgIpc) is 3.77. The topological polar surface area (TPSA) is 44.1 Å². The molecule has 0 saturated heterocycles. The molecular formula is C40H26N2O2. The zero-order valence-corrected chi connectivity index (χ0v) is 24.0. The molecule has 0 amide bonds. The predicted molar refractivity (Wildman–Crippen MR) is 179 cm³/mol. The van der Waals surface area contributed by atoms with Crippen LogP contribution in [0.5, 0.6) is 0 Å². The standard InChI is InChI=1S/C40H26N2O2/c1-25-11-18-31-32-22-29(15-20-38(32)44-39(31)21-25)28-14-19-37-33(23-28)34(24-43-37)40-41-35-9-5-6-10-36(35)42(40)30-16-12-27(13-17-30)26-7-3-2-4-8-26/h2-24H,1H3. The summed E-state index contributed by atoms with van der Waals surface area (Å²) < 4.78 is 14.5. The minimum absolute atomic E-state index is 0.826. The smallest absolute Gasteiger partial charge is 0.149 e. The lowest BCUT2D eigenvalue weighted by molar-refractivity contribution is 0.616. The lowest BCUT2D eigenvalue weighted by Gasteiger charge is -2.10. The second-order valence-corrected chi connectivity index (χ2v) is 11.3. The van der Waals surface area contributed by atoms with E-state index in [1.807, 2.05) is 18.4 Å². The quantitative estimate of drug-likeness (QED) is 0.213. The normalized spacial score (nSPS) is 11.8. The van der Waals surface area contributed by atoms with Gasteiger partial charge in [0.05, 0.1) is 16.6 Å². The van der Waals surface area contributed by atoms with Crippen LogP contribution in [-0.2, 0) is 0 Å². The van der Waals surface area contributed by atoms with E-state index in [1.54, 1.807) is 0 Å². The molecule has 0 aliphatic carbocycles. The molecule has 3 aromatic heterocycles. The Labute approximate surface area is 253 Å². The van der Waals surface area contributed by atoms with Crippen LogP contribution >= 0.6 is 0 Å².